The molecule has 0 unspecified atom stereocenters. The molecular formula is C32H41N3O6S. The molecule has 3 aromatic carbocycles. The Labute approximate surface area is 249 Å². The lowest BCUT2D eigenvalue weighted by molar-refractivity contribution is -0.138. The number of carbonyl (C=O) groups is 2. The average Bonchev–Trinajstić information content (AvgIpc) is 2.98. The van der Waals surface area contributed by atoms with E-state index in [2.05, 4.69) is 5.32 Å². The van der Waals surface area contributed by atoms with Crippen LogP contribution in [0.3, 0.4) is 0 Å². The molecule has 0 radical (unpaired) electrons. The van der Waals surface area contributed by atoms with Gasteiger partial charge in [-0.15, -0.1) is 0 Å². The van der Waals surface area contributed by atoms with E-state index in [-0.39, 0.29) is 29.0 Å². The van der Waals surface area contributed by atoms with Crippen molar-refractivity contribution in [1.29, 1.82) is 0 Å². The first kappa shape index (κ1) is 32.5. The number of ether oxygens (including phenoxy) is 2. The van der Waals surface area contributed by atoms with Crippen LogP contribution in [0.15, 0.2) is 77.7 Å². The molecule has 0 saturated heterocycles. The molecular weight excluding hydrogens is 554 g/mol. The van der Waals surface area contributed by atoms with Gasteiger partial charge in [0.2, 0.25) is 11.8 Å². The van der Waals surface area contributed by atoms with Gasteiger partial charge in [0.25, 0.3) is 10.0 Å². The standard InChI is InChI=1S/C32H41N3O6S/c1-23(2)21-33-32(37)25(4)34(19-18-26-10-8-7-9-11-26)31(36)22-35(27-14-17-29(40-5)30(20-27)41-6)42(38,39)28-15-12-24(3)13-16-28/h7-17,20,23,25H,18-19,21-22H2,1-6H3,(H,33,37)/t25-/m1/s1. The van der Waals surface area contributed by atoms with Crippen LogP contribution in [0.25, 0.3) is 0 Å². The minimum Gasteiger partial charge on any atom is -0.493 e. The van der Waals surface area contributed by atoms with Crippen LogP contribution in [0.4, 0.5) is 5.69 Å². The molecule has 226 valence electrons. The number of rotatable bonds is 14. The highest BCUT2D eigenvalue weighted by Gasteiger charge is 2.32. The molecule has 0 bridgehead atoms. The number of anilines is 1. The first-order valence-corrected chi connectivity index (χ1v) is 15.3. The molecule has 1 N–H and O–H groups in total. The van der Waals surface area contributed by atoms with Crippen molar-refractivity contribution in [2.75, 3.05) is 38.2 Å². The Morgan fingerprint density at radius 1 is 0.881 bits per heavy atom. The highest BCUT2D eigenvalue weighted by molar-refractivity contribution is 7.92. The van der Waals surface area contributed by atoms with Crippen molar-refractivity contribution >= 4 is 27.5 Å². The number of methoxy groups -OCH3 is 2. The quantitative estimate of drug-likeness (QED) is 0.296. The SMILES string of the molecule is COc1ccc(N(CC(=O)N(CCc2ccccc2)[C@H](C)C(=O)NCC(C)C)S(=O)(=O)c2ccc(C)cc2)cc1OC. The summed E-state index contributed by atoms with van der Waals surface area (Å²) in [5, 5.41) is 2.89. The minimum absolute atomic E-state index is 0.0363. The number of sulfonamides is 1. The second-order valence-electron chi connectivity index (χ2n) is 10.5. The lowest BCUT2D eigenvalue weighted by Gasteiger charge is -2.32. The monoisotopic (exact) mass is 595 g/mol. The van der Waals surface area contributed by atoms with Gasteiger partial charge in [-0.3, -0.25) is 13.9 Å². The van der Waals surface area contributed by atoms with Crippen molar-refractivity contribution in [2.45, 2.75) is 45.1 Å². The zero-order valence-electron chi connectivity index (χ0n) is 25.2. The summed E-state index contributed by atoms with van der Waals surface area (Å²) in [4.78, 5) is 28.6. The van der Waals surface area contributed by atoms with Crippen molar-refractivity contribution in [2.24, 2.45) is 5.92 Å². The third kappa shape index (κ3) is 8.25. The molecule has 0 aliphatic rings. The maximum Gasteiger partial charge on any atom is 0.264 e. The smallest absolute Gasteiger partial charge is 0.264 e. The number of nitrogens with one attached hydrogen (secondary N) is 1. The number of hydrogen-bond donors (Lipinski definition) is 1. The fraction of sp³-hybridized carbons (Fsp3) is 0.375. The lowest BCUT2D eigenvalue weighted by atomic mass is 10.1. The molecule has 2 amide bonds. The van der Waals surface area contributed by atoms with Gasteiger partial charge in [0.05, 0.1) is 24.8 Å². The summed E-state index contributed by atoms with van der Waals surface area (Å²) in [7, 11) is -1.25. The molecule has 0 aliphatic carbocycles. The Morgan fingerprint density at radius 3 is 2.12 bits per heavy atom. The Kier molecular flexibility index (Phi) is 11.4. The van der Waals surface area contributed by atoms with Crippen molar-refractivity contribution in [1.82, 2.24) is 10.2 Å². The molecule has 3 aromatic rings. The van der Waals surface area contributed by atoms with Gasteiger partial charge in [-0.1, -0.05) is 61.9 Å². The molecule has 0 aliphatic heterocycles. The van der Waals surface area contributed by atoms with Crippen LogP contribution >= 0.6 is 0 Å². The molecule has 0 heterocycles. The van der Waals surface area contributed by atoms with Gasteiger partial charge < -0.3 is 19.7 Å². The number of carbonyl (C=O) groups excluding carboxylic acids is 2. The molecule has 9 nitrogen and oxygen atoms in total. The van der Waals surface area contributed by atoms with Crippen LogP contribution in [0.5, 0.6) is 11.5 Å². The Balaban J connectivity index is 2.02. The van der Waals surface area contributed by atoms with Gasteiger partial charge >= 0.3 is 0 Å². The van der Waals surface area contributed by atoms with E-state index in [0.717, 1.165) is 15.4 Å². The summed E-state index contributed by atoms with van der Waals surface area (Å²) < 4.78 is 39.8. The van der Waals surface area contributed by atoms with Crippen LogP contribution in [0.2, 0.25) is 0 Å². The zero-order chi connectivity index (χ0) is 30.9. The van der Waals surface area contributed by atoms with Crippen LogP contribution < -0.4 is 19.1 Å². The highest BCUT2D eigenvalue weighted by atomic mass is 32.2. The molecule has 0 spiro atoms. The van der Waals surface area contributed by atoms with E-state index in [1.54, 1.807) is 31.2 Å². The van der Waals surface area contributed by atoms with E-state index in [1.807, 2.05) is 51.1 Å². The fourth-order valence-electron chi connectivity index (χ4n) is 4.37. The topological polar surface area (TPSA) is 105 Å². The third-order valence-electron chi connectivity index (χ3n) is 6.88. The van der Waals surface area contributed by atoms with E-state index in [1.165, 1.54) is 37.3 Å². The maximum atomic E-state index is 14.0. The van der Waals surface area contributed by atoms with Crippen molar-refractivity contribution in [3.05, 3.63) is 83.9 Å². The number of nitrogens with zero attached hydrogens (tertiary/aromatic N) is 2. The third-order valence-corrected chi connectivity index (χ3v) is 8.67. The predicted octanol–water partition coefficient (Wildman–Crippen LogP) is 4.44. The number of benzene rings is 3. The van der Waals surface area contributed by atoms with Crippen molar-refractivity contribution in [3.63, 3.8) is 0 Å². The number of amides is 2. The maximum absolute atomic E-state index is 14.0. The lowest BCUT2D eigenvalue weighted by Crippen LogP contribution is -2.52. The van der Waals surface area contributed by atoms with Gasteiger partial charge in [-0.25, -0.2) is 8.42 Å². The van der Waals surface area contributed by atoms with Gasteiger partial charge in [0.1, 0.15) is 12.6 Å². The van der Waals surface area contributed by atoms with Gasteiger partial charge in [-0.05, 0) is 56.0 Å². The van der Waals surface area contributed by atoms with Crippen LogP contribution in [-0.4, -0.2) is 65.0 Å². The predicted molar refractivity (Wildman–Crippen MR) is 164 cm³/mol. The van der Waals surface area contributed by atoms with E-state index in [4.69, 9.17) is 9.47 Å². The normalized spacial score (nSPS) is 12.0. The van der Waals surface area contributed by atoms with Gasteiger partial charge in [-0.2, -0.15) is 0 Å². The summed E-state index contributed by atoms with van der Waals surface area (Å²) in [6, 6.07) is 19.9. The number of hydrogen-bond acceptors (Lipinski definition) is 6. The van der Waals surface area contributed by atoms with E-state index >= 15 is 0 Å². The second kappa shape index (κ2) is 14.7. The molecule has 0 aromatic heterocycles. The summed E-state index contributed by atoms with van der Waals surface area (Å²) in [6.45, 7) is 7.66. The van der Waals surface area contributed by atoms with Gasteiger partial charge in [0, 0.05) is 19.2 Å². The van der Waals surface area contributed by atoms with Gasteiger partial charge in [0.15, 0.2) is 11.5 Å². The molecule has 3 rings (SSSR count). The van der Waals surface area contributed by atoms with Crippen molar-refractivity contribution in [3.8, 4) is 11.5 Å². The molecule has 42 heavy (non-hydrogen) atoms. The summed E-state index contributed by atoms with van der Waals surface area (Å²) in [5.41, 5.74) is 2.12. The highest BCUT2D eigenvalue weighted by Crippen LogP contribution is 2.34. The molecule has 0 fully saturated rings. The van der Waals surface area contributed by atoms with E-state index < -0.39 is 28.5 Å². The average molecular weight is 596 g/mol. The van der Waals surface area contributed by atoms with Crippen LogP contribution in [-0.2, 0) is 26.0 Å². The first-order chi connectivity index (χ1) is 20.0. The summed E-state index contributed by atoms with van der Waals surface area (Å²) >= 11 is 0. The van der Waals surface area contributed by atoms with Crippen LogP contribution in [0.1, 0.15) is 31.9 Å². The molecule has 0 saturated carbocycles. The largest absolute Gasteiger partial charge is 0.493 e. The van der Waals surface area contributed by atoms with Crippen LogP contribution in [0, 0.1) is 12.8 Å². The Bertz CT molecular complexity index is 1440. The number of aryl methyl sites for hydroxylation is 1. The zero-order valence-corrected chi connectivity index (χ0v) is 26.0. The first-order valence-electron chi connectivity index (χ1n) is 13.9. The second-order valence-corrected chi connectivity index (χ2v) is 12.4. The Hall–Kier alpha value is -4.05. The summed E-state index contributed by atoms with van der Waals surface area (Å²) in [5.74, 6) is 0.150. The van der Waals surface area contributed by atoms with Crippen molar-refractivity contribution < 1.29 is 27.5 Å². The molecule has 1 atom stereocenters. The summed E-state index contributed by atoms with van der Waals surface area (Å²) in [6.07, 6.45) is 0.495. The molecule has 10 heteroatoms. The van der Waals surface area contributed by atoms with E-state index in [9.17, 15) is 18.0 Å². The minimum atomic E-state index is -4.19. The Morgan fingerprint density at radius 2 is 1.52 bits per heavy atom. The van der Waals surface area contributed by atoms with E-state index in [0.29, 0.717) is 24.5 Å². The fourth-order valence-corrected chi connectivity index (χ4v) is 5.77.